The maximum absolute atomic E-state index is 13.2. The molecule has 2 rings (SSSR count). The van der Waals surface area contributed by atoms with Gasteiger partial charge in [0.05, 0.1) is 0 Å². The highest BCUT2D eigenvalue weighted by molar-refractivity contribution is 7.99. The largest absolute Gasteiger partial charge is 0.310 e. The van der Waals surface area contributed by atoms with E-state index in [2.05, 4.69) is 18.3 Å². The van der Waals surface area contributed by atoms with Crippen molar-refractivity contribution in [2.24, 2.45) is 0 Å². The summed E-state index contributed by atoms with van der Waals surface area (Å²) in [4.78, 5) is 1.01. The Labute approximate surface area is 119 Å². The topological polar surface area (TPSA) is 12.0 Å². The zero-order chi connectivity index (χ0) is 13.5. The maximum atomic E-state index is 13.2. The van der Waals surface area contributed by atoms with Crippen molar-refractivity contribution in [1.82, 2.24) is 5.32 Å². The highest BCUT2D eigenvalue weighted by atomic mass is 32.2. The van der Waals surface area contributed by atoms with E-state index >= 15 is 0 Å². The second-order valence-corrected chi connectivity index (χ2v) is 6.00. The van der Waals surface area contributed by atoms with Crippen LogP contribution in [0, 0.1) is 5.82 Å². The number of benzene rings is 1. The van der Waals surface area contributed by atoms with Gasteiger partial charge in [-0.3, -0.25) is 0 Å². The van der Waals surface area contributed by atoms with Crippen molar-refractivity contribution in [2.45, 2.75) is 43.5 Å². The van der Waals surface area contributed by atoms with Crippen molar-refractivity contribution in [2.75, 3.05) is 12.3 Å². The lowest BCUT2D eigenvalue weighted by molar-refractivity contribution is 0.580. The van der Waals surface area contributed by atoms with Gasteiger partial charge in [0.1, 0.15) is 5.82 Å². The molecule has 0 saturated carbocycles. The first kappa shape index (κ1) is 14.6. The molecule has 1 N–H and O–H groups in total. The minimum Gasteiger partial charge on any atom is -0.310 e. The van der Waals surface area contributed by atoms with Gasteiger partial charge in [0.2, 0.25) is 0 Å². The van der Waals surface area contributed by atoms with Gasteiger partial charge in [-0.1, -0.05) is 24.6 Å². The average Bonchev–Trinajstić information content (AvgIpc) is 2.44. The van der Waals surface area contributed by atoms with E-state index in [0.29, 0.717) is 6.04 Å². The van der Waals surface area contributed by atoms with Crippen molar-refractivity contribution in [3.8, 4) is 0 Å². The Morgan fingerprint density at radius 2 is 2.26 bits per heavy atom. The molecule has 1 atom stereocenters. The third-order valence-electron chi connectivity index (χ3n) is 3.44. The Morgan fingerprint density at radius 3 is 2.95 bits per heavy atom. The second-order valence-electron chi connectivity index (χ2n) is 4.90. The number of hydrogen-bond donors (Lipinski definition) is 1. The molecule has 0 radical (unpaired) electrons. The zero-order valence-corrected chi connectivity index (χ0v) is 12.3. The van der Waals surface area contributed by atoms with E-state index in [4.69, 9.17) is 0 Å². The fourth-order valence-corrected chi connectivity index (χ4v) is 3.52. The molecule has 1 aliphatic carbocycles. The Bertz CT molecular complexity index is 431. The molecular weight excluding hydrogens is 257 g/mol. The van der Waals surface area contributed by atoms with E-state index in [1.54, 1.807) is 23.9 Å². The number of hydrogen-bond acceptors (Lipinski definition) is 2. The summed E-state index contributed by atoms with van der Waals surface area (Å²) in [7, 11) is 0. The van der Waals surface area contributed by atoms with E-state index in [0.717, 1.165) is 17.2 Å². The van der Waals surface area contributed by atoms with Crippen LogP contribution in [0.1, 0.15) is 32.6 Å². The molecule has 1 aliphatic rings. The van der Waals surface area contributed by atoms with E-state index < -0.39 is 0 Å². The van der Waals surface area contributed by atoms with Crippen LogP contribution in [0.4, 0.5) is 4.39 Å². The van der Waals surface area contributed by atoms with Gasteiger partial charge in [0, 0.05) is 16.7 Å². The maximum Gasteiger partial charge on any atom is 0.124 e. The molecule has 0 fully saturated rings. The van der Waals surface area contributed by atoms with Gasteiger partial charge in [-0.25, -0.2) is 4.39 Å². The molecule has 0 spiro atoms. The van der Waals surface area contributed by atoms with Crippen molar-refractivity contribution in [3.05, 3.63) is 41.7 Å². The summed E-state index contributed by atoms with van der Waals surface area (Å²) in [5, 5.41) is 3.55. The van der Waals surface area contributed by atoms with Gasteiger partial charge in [-0.05, 0) is 50.4 Å². The zero-order valence-electron chi connectivity index (χ0n) is 11.5. The molecule has 1 nitrogen and oxygen atoms in total. The van der Waals surface area contributed by atoms with Crippen LogP contribution in [-0.4, -0.2) is 18.3 Å². The lowest BCUT2D eigenvalue weighted by Gasteiger charge is -2.23. The average molecular weight is 279 g/mol. The predicted molar refractivity (Wildman–Crippen MR) is 81.1 cm³/mol. The van der Waals surface area contributed by atoms with Crippen LogP contribution < -0.4 is 5.32 Å². The molecule has 0 bridgehead atoms. The number of thioether (sulfide) groups is 1. The quantitative estimate of drug-likeness (QED) is 0.612. The van der Waals surface area contributed by atoms with Crippen LogP contribution >= 0.6 is 11.8 Å². The fourth-order valence-electron chi connectivity index (χ4n) is 2.46. The first-order valence-corrected chi connectivity index (χ1v) is 8.09. The van der Waals surface area contributed by atoms with Crippen LogP contribution in [0.2, 0.25) is 0 Å². The first-order chi connectivity index (χ1) is 9.29. The summed E-state index contributed by atoms with van der Waals surface area (Å²) in [6.45, 7) is 3.12. The normalized spacial score (nSPS) is 17.1. The van der Waals surface area contributed by atoms with Gasteiger partial charge in [0.25, 0.3) is 0 Å². The first-order valence-electron chi connectivity index (χ1n) is 7.10. The molecular formula is C16H22FNS. The SMILES string of the molecule is CCNC(CSc1cccc(F)c1)C1=CCCCC1. The van der Waals surface area contributed by atoms with Crippen molar-refractivity contribution < 1.29 is 4.39 Å². The van der Waals surface area contributed by atoms with Crippen molar-refractivity contribution in [3.63, 3.8) is 0 Å². The minimum absolute atomic E-state index is 0.151. The Kier molecular flexibility index (Phi) is 5.93. The van der Waals surface area contributed by atoms with Gasteiger partial charge in [0.15, 0.2) is 0 Å². The summed E-state index contributed by atoms with van der Waals surface area (Å²) in [5.41, 5.74) is 1.54. The fraction of sp³-hybridized carbons (Fsp3) is 0.500. The summed E-state index contributed by atoms with van der Waals surface area (Å²) in [5.74, 6) is 0.824. The van der Waals surface area contributed by atoms with E-state index in [1.165, 1.54) is 37.3 Å². The molecule has 3 heteroatoms. The summed E-state index contributed by atoms with van der Waals surface area (Å²) in [6, 6.07) is 7.29. The number of likely N-dealkylation sites (N-methyl/N-ethyl adjacent to an activating group) is 1. The second kappa shape index (κ2) is 7.71. The van der Waals surface area contributed by atoms with Gasteiger partial charge in [-0.2, -0.15) is 0 Å². The summed E-state index contributed by atoms with van der Waals surface area (Å²) in [6.07, 6.45) is 7.43. The molecule has 0 heterocycles. The third-order valence-corrected chi connectivity index (χ3v) is 4.52. The molecule has 19 heavy (non-hydrogen) atoms. The van der Waals surface area contributed by atoms with Gasteiger partial charge < -0.3 is 5.32 Å². The van der Waals surface area contributed by atoms with E-state index in [-0.39, 0.29) is 5.82 Å². The highest BCUT2D eigenvalue weighted by Crippen LogP contribution is 2.26. The van der Waals surface area contributed by atoms with Crippen molar-refractivity contribution >= 4 is 11.8 Å². The Hall–Kier alpha value is -0.800. The van der Waals surface area contributed by atoms with Crippen molar-refractivity contribution in [1.29, 1.82) is 0 Å². The number of nitrogens with one attached hydrogen (secondary N) is 1. The number of allylic oxidation sites excluding steroid dienone is 1. The monoisotopic (exact) mass is 279 g/mol. The molecule has 0 amide bonds. The minimum atomic E-state index is -0.151. The summed E-state index contributed by atoms with van der Waals surface area (Å²) >= 11 is 1.73. The summed E-state index contributed by atoms with van der Waals surface area (Å²) < 4.78 is 13.2. The van der Waals surface area contributed by atoms with Gasteiger partial charge >= 0.3 is 0 Å². The lowest BCUT2D eigenvalue weighted by atomic mass is 9.95. The molecule has 1 aromatic carbocycles. The van der Waals surface area contributed by atoms with Crippen LogP contribution in [-0.2, 0) is 0 Å². The Balaban J connectivity index is 1.95. The third kappa shape index (κ3) is 4.66. The standard InChI is InChI=1S/C16H22FNS/c1-2-18-16(13-7-4-3-5-8-13)12-19-15-10-6-9-14(17)11-15/h6-7,9-11,16,18H,2-5,8,12H2,1H3. The predicted octanol–water partition coefficient (Wildman–Crippen LogP) is 4.40. The smallest absolute Gasteiger partial charge is 0.124 e. The highest BCUT2D eigenvalue weighted by Gasteiger charge is 2.15. The molecule has 0 saturated heterocycles. The number of halogens is 1. The Morgan fingerprint density at radius 1 is 1.37 bits per heavy atom. The lowest BCUT2D eigenvalue weighted by Crippen LogP contribution is -2.33. The molecule has 1 aromatic rings. The molecule has 0 aromatic heterocycles. The molecule has 104 valence electrons. The van der Waals surface area contributed by atoms with Crippen LogP contribution in [0.25, 0.3) is 0 Å². The molecule has 1 unspecified atom stereocenters. The molecule has 0 aliphatic heterocycles. The van der Waals surface area contributed by atoms with Crippen LogP contribution in [0.15, 0.2) is 40.8 Å². The van der Waals surface area contributed by atoms with Crippen LogP contribution in [0.3, 0.4) is 0 Å². The van der Waals surface area contributed by atoms with E-state index in [9.17, 15) is 4.39 Å². The van der Waals surface area contributed by atoms with E-state index in [1.807, 2.05) is 6.07 Å². The van der Waals surface area contributed by atoms with Crippen LogP contribution in [0.5, 0.6) is 0 Å². The van der Waals surface area contributed by atoms with Gasteiger partial charge in [-0.15, -0.1) is 11.8 Å². The number of rotatable bonds is 6.